The number of carbonyl (C=O) groups excluding carboxylic acids is 1. The van der Waals surface area contributed by atoms with Crippen molar-refractivity contribution in [1.29, 1.82) is 0 Å². The lowest BCUT2D eigenvalue weighted by molar-refractivity contribution is -0.205. The Morgan fingerprint density at radius 3 is 2.71 bits per heavy atom. The van der Waals surface area contributed by atoms with Crippen molar-refractivity contribution < 1.29 is 19.0 Å². The third-order valence-corrected chi connectivity index (χ3v) is 2.51. The van der Waals surface area contributed by atoms with E-state index in [0.29, 0.717) is 10.6 Å². The average molecular weight is 255 g/mol. The van der Waals surface area contributed by atoms with Crippen molar-refractivity contribution in [3.8, 4) is 0 Å². The van der Waals surface area contributed by atoms with Gasteiger partial charge in [0, 0.05) is 10.6 Å². The first-order valence-electron chi connectivity index (χ1n) is 5.13. The molecule has 0 atom stereocenters. The predicted octanol–water partition coefficient (Wildman–Crippen LogP) is 2.57. The van der Waals surface area contributed by atoms with Gasteiger partial charge in [-0.2, -0.15) is 0 Å². The molecule has 0 aromatic heterocycles. The van der Waals surface area contributed by atoms with Crippen molar-refractivity contribution in [2.75, 3.05) is 6.61 Å². The predicted molar refractivity (Wildman–Crippen MR) is 61.1 cm³/mol. The Bertz CT molecular complexity index is 448. The van der Waals surface area contributed by atoms with Crippen LogP contribution in [0.15, 0.2) is 36.8 Å². The summed E-state index contributed by atoms with van der Waals surface area (Å²) in [6.07, 6.45) is 2.61. The van der Waals surface area contributed by atoms with Gasteiger partial charge in [0.15, 0.2) is 0 Å². The van der Waals surface area contributed by atoms with Crippen molar-refractivity contribution in [2.45, 2.75) is 12.7 Å². The number of hydrogen-bond acceptors (Lipinski definition) is 4. The summed E-state index contributed by atoms with van der Waals surface area (Å²) in [6.45, 7) is 1.96. The highest BCUT2D eigenvalue weighted by molar-refractivity contribution is 6.30. The zero-order valence-corrected chi connectivity index (χ0v) is 9.94. The first-order valence-corrected chi connectivity index (χ1v) is 5.51. The molecule has 0 fully saturated rings. The van der Waals surface area contributed by atoms with Gasteiger partial charge in [0.1, 0.15) is 12.5 Å². The first kappa shape index (κ1) is 11.8. The van der Waals surface area contributed by atoms with Gasteiger partial charge in [-0.1, -0.05) is 23.7 Å². The molecule has 0 spiro atoms. The van der Waals surface area contributed by atoms with Gasteiger partial charge < -0.3 is 14.2 Å². The van der Waals surface area contributed by atoms with Gasteiger partial charge in [-0.3, -0.25) is 0 Å². The minimum Gasteiger partial charge on any atom is -0.460 e. The topological polar surface area (TPSA) is 44.8 Å². The second kappa shape index (κ2) is 4.67. The van der Waals surface area contributed by atoms with Crippen molar-refractivity contribution in [2.24, 2.45) is 0 Å². The van der Waals surface area contributed by atoms with Crippen LogP contribution in [0.5, 0.6) is 0 Å². The van der Waals surface area contributed by atoms with Crippen molar-refractivity contribution >= 4 is 17.6 Å². The van der Waals surface area contributed by atoms with Crippen LogP contribution in [0.25, 0.3) is 0 Å². The highest BCUT2D eigenvalue weighted by Gasteiger charge is 2.48. The van der Waals surface area contributed by atoms with E-state index in [4.69, 9.17) is 25.8 Å². The molecular weight excluding hydrogens is 244 g/mol. The molecular formula is C12H11ClO4. The molecule has 0 saturated carbocycles. The van der Waals surface area contributed by atoms with E-state index in [1.807, 2.05) is 0 Å². The second-order valence-electron chi connectivity index (χ2n) is 3.36. The van der Waals surface area contributed by atoms with E-state index in [9.17, 15) is 4.79 Å². The number of hydrogen-bond donors (Lipinski definition) is 0. The van der Waals surface area contributed by atoms with Crippen LogP contribution in [0.4, 0.5) is 0 Å². The summed E-state index contributed by atoms with van der Waals surface area (Å²) in [7, 11) is 0. The number of halogens is 1. The smallest absolute Gasteiger partial charge is 0.398 e. The molecule has 0 radical (unpaired) electrons. The molecule has 0 unspecified atom stereocenters. The molecule has 1 heterocycles. The second-order valence-corrected chi connectivity index (χ2v) is 3.79. The summed E-state index contributed by atoms with van der Waals surface area (Å²) in [5.41, 5.74) is 0.494. The standard InChI is InChI=1S/C12H11ClO4/c1-2-15-11(14)12(16-6-7-17-12)9-4-3-5-10(13)8-9/h3-8H,2H2,1H3. The molecule has 2 rings (SSSR count). The molecule has 0 amide bonds. The zero-order valence-electron chi connectivity index (χ0n) is 9.18. The third kappa shape index (κ3) is 2.08. The number of rotatable bonds is 3. The van der Waals surface area contributed by atoms with Gasteiger partial charge in [0.05, 0.1) is 6.61 Å². The fourth-order valence-corrected chi connectivity index (χ4v) is 1.73. The van der Waals surface area contributed by atoms with E-state index in [-0.39, 0.29) is 6.61 Å². The van der Waals surface area contributed by atoms with Crippen LogP contribution >= 0.6 is 11.6 Å². The van der Waals surface area contributed by atoms with E-state index in [0.717, 1.165) is 0 Å². The maximum atomic E-state index is 11.9. The molecule has 1 aliphatic heterocycles. The molecule has 0 saturated heterocycles. The van der Waals surface area contributed by atoms with E-state index in [2.05, 4.69) is 0 Å². The van der Waals surface area contributed by atoms with Crippen LogP contribution in [0.1, 0.15) is 12.5 Å². The highest BCUT2D eigenvalue weighted by Crippen LogP contribution is 2.34. The van der Waals surface area contributed by atoms with E-state index < -0.39 is 11.8 Å². The molecule has 4 nitrogen and oxygen atoms in total. The highest BCUT2D eigenvalue weighted by atomic mass is 35.5. The normalized spacial score (nSPS) is 16.1. The van der Waals surface area contributed by atoms with E-state index in [1.165, 1.54) is 12.5 Å². The van der Waals surface area contributed by atoms with E-state index in [1.54, 1.807) is 31.2 Å². The molecule has 1 aromatic carbocycles. The van der Waals surface area contributed by atoms with Gasteiger partial charge >= 0.3 is 11.8 Å². The minimum atomic E-state index is -1.57. The molecule has 90 valence electrons. The molecule has 0 N–H and O–H groups in total. The fourth-order valence-electron chi connectivity index (χ4n) is 1.54. The first-order chi connectivity index (χ1) is 8.19. The maximum Gasteiger partial charge on any atom is 0.398 e. The molecule has 0 aliphatic carbocycles. The van der Waals surface area contributed by atoms with Crippen LogP contribution in [0.2, 0.25) is 5.02 Å². The zero-order chi connectivity index (χ0) is 12.3. The number of esters is 1. The maximum absolute atomic E-state index is 11.9. The van der Waals surface area contributed by atoms with Gasteiger partial charge in [-0.25, -0.2) is 4.79 Å². The fraction of sp³-hybridized carbons (Fsp3) is 0.250. The van der Waals surface area contributed by atoms with Gasteiger partial charge in [-0.15, -0.1) is 0 Å². The minimum absolute atomic E-state index is 0.244. The molecule has 0 bridgehead atoms. The molecule has 5 heteroatoms. The number of ether oxygens (including phenoxy) is 3. The van der Waals surface area contributed by atoms with Crippen LogP contribution < -0.4 is 0 Å². The summed E-state index contributed by atoms with van der Waals surface area (Å²) < 4.78 is 15.5. The lowest BCUT2D eigenvalue weighted by Crippen LogP contribution is -2.38. The Morgan fingerprint density at radius 2 is 2.12 bits per heavy atom. The third-order valence-electron chi connectivity index (χ3n) is 2.27. The molecule has 1 aromatic rings. The summed E-state index contributed by atoms with van der Waals surface area (Å²) >= 11 is 5.88. The summed E-state index contributed by atoms with van der Waals surface area (Å²) in [4.78, 5) is 11.9. The van der Waals surface area contributed by atoms with Gasteiger partial charge in [0.25, 0.3) is 0 Å². The average Bonchev–Trinajstić information content (AvgIpc) is 2.79. The summed E-state index contributed by atoms with van der Waals surface area (Å²) in [5.74, 6) is -2.17. The summed E-state index contributed by atoms with van der Waals surface area (Å²) in [5, 5.41) is 0.491. The monoisotopic (exact) mass is 254 g/mol. The Balaban J connectivity index is 2.38. The Labute approximate surface area is 104 Å². The molecule has 17 heavy (non-hydrogen) atoms. The molecule has 1 aliphatic rings. The van der Waals surface area contributed by atoms with Crippen molar-refractivity contribution in [1.82, 2.24) is 0 Å². The lowest BCUT2D eigenvalue weighted by Gasteiger charge is -2.25. The summed E-state index contributed by atoms with van der Waals surface area (Å²) in [6, 6.07) is 6.71. The SMILES string of the molecule is CCOC(=O)C1(c2cccc(Cl)c2)OC=CO1. The van der Waals surface area contributed by atoms with E-state index >= 15 is 0 Å². The van der Waals surface area contributed by atoms with Gasteiger partial charge in [-0.05, 0) is 19.1 Å². The Hall–Kier alpha value is -1.68. The van der Waals surface area contributed by atoms with Crippen molar-refractivity contribution in [3.63, 3.8) is 0 Å². The van der Waals surface area contributed by atoms with Gasteiger partial charge in [0.2, 0.25) is 0 Å². The number of carbonyl (C=O) groups is 1. The van der Waals surface area contributed by atoms with Crippen LogP contribution in [0.3, 0.4) is 0 Å². The largest absolute Gasteiger partial charge is 0.460 e. The lowest BCUT2D eigenvalue weighted by atomic mass is 10.1. The van der Waals surface area contributed by atoms with Crippen molar-refractivity contribution in [3.05, 3.63) is 47.4 Å². The quantitative estimate of drug-likeness (QED) is 0.778. The Kier molecular flexibility index (Phi) is 3.24. The van der Waals surface area contributed by atoms with Crippen LogP contribution in [-0.2, 0) is 24.8 Å². The number of benzene rings is 1. The Morgan fingerprint density at radius 1 is 1.41 bits per heavy atom. The van der Waals surface area contributed by atoms with Crippen LogP contribution in [-0.4, -0.2) is 12.6 Å². The van der Waals surface area contributed by atoms with Crippen LogP contribution in [0, 0.1) is 0 Å².